The normalized spacial score (nSPS) is 14.1. The van der Waals surface area contributed by atoms with Gasteiger partial charge in [0.1, 0.15) is 5.75 Å². The van der Waals surface area contributed by atoms with Gasteiger partial charge in [-0.25, -0.2) is 0 Å². The zero-order valence-corrected chi connectivity index (χ0v) is 15.1. The smallest absolute Gasteiger partial charge is 0.416 e. The molecular formula is C21H22F3NO2. The minimum absolute atomic E-state index is 0.00268. The Bertz CT molecular complexity index is 800. The summed E-state index contributed by atoms with van der Waals surface area (Å²) in [6.45, 7) is -0.00268. The van der Waals surface area contributed by atoms with Crippen LogP contribution in [0.3, 0.4) is 0 Å². The number of hydrogen-bond donors (Lipinski definition) is 0. The third-order valence-corrected chi connectivity index (χ3v) is 4.73. The van der Waals surface area contributed by atoms with Gasteiger partial charge in [-0.3, -0.25) is 4.79 Å². The van der Waals surface area contributed by atoms with Gasteiger partial charge in [0, 0.05) is 19.0 Å². The number of methoxy groups -OCH3 is 1. The Kier molecular flexibility index (Phi) is 5.73. The molecule has 1 amide bonds. The number of aryl methyl sites for hydroxylation is 1. The van der Waals surface area contributed by atoms with Gasteiger partial charge in [-0.1, -0.05) is 30.3 Å². The fourth-order valence-corrected chi connectivity index (χ4v) is 3.15. The molecule has 0 N–H and O–H groups in total. The van der Waals surface area contributed by atoms with Crippen LogP contribution in [0.15, 0.2) is 48.5 Å². The molecule has 1 aliphatic rings. The number of halogens is 3. The van der Waals surface area contributed by atoms with Crippen molar-refractivity contribution in [1.82, 2.24) is 4.90 Å². The first-order valence-electron chi connectivity index (χ1n) is 8.96. The average molecular weight is 377 g/mol. The molecule has 1 aliphatic carbocycles. The lowest BCUT2D eigenvalue weighted by Crippen LogP contribution is -2.33. The van der Waals surface area contributed by atoms with Crippen LogP contribution in [-0.2, 0) is 23.9 Å². The van der Waals surface area contributed by atoms with E-state index in [1.165, 1.54) is 12.1 Å². The SMILES string of the molecule is COc1cccc(CCC(=O)N(Cc2ccccc2C(F)(F)F)C2CC2)c1. The van der Waals surface area contributed by atoms with Crippen LogP contribution >= 0.6 is 0 Å². The van der Waals surface area contributed by atoms with E-state index in [0.717, 1.165) is 30.2 Å². The lowest BCUT2D eigenvalue weighted by Gasteiger charge is -2.24. The zero-order valence-electron chi connectivity index (χ0n) is 15.1. The second-order valence-corrected chi connectivity index (χ2v) is 6.76. The highest BCUT2D eigenvalue weighted by Crippen LogP contribution is 2.35. The molecule has 0 aromatic heterocycles. The number of carbonyl (C=O) groups excluding carboxylic acids is 1. The molecule has 0 spiro atoms. The molecule has 2 aromatic rings. The fourth-order valence-electron chi connectivity index (χ4n) is 3.15. The highest BCUT2D eigenvalue weighted by Gasteiger charge is 2.36. The van der Waals surface area contributed by atoms with Crippen LogP contribution < -0.4 is 4.74 Å². The molecule has 1 saturated carbocycles. The largest absolute Gasteiger partial charge is 0.497 e. The third-order valence-electron chi connectivity index (χ3n) is 4.73. The van der Waals surface area contributed by atoms with Gasteiger partial charge in [0.2, 0.25) is 5.91 Å². The fraction of sp³-hybridized carbons (Fsp3) is 0.381. The number of carbonyl (C=O) groups is 1. The number of rotatable bonds is 7. The van der Waals surface area contributed by atoms with E-state index >= 15 is 0 Å². The van der Waals surface area contributed by atoms with E-state index in [9.17, 15) is 18.0 Å². The van der Waals surface area contributed by atoms with E-state index in [1.807, 2.05) is 24.3 Å². The average Bonchev–Trinajstić information content (AvgIpc) is 3.49. The highest BCUT2D eigenvalue weighted by atomic mass is 19.4. The number of benzene rings is 2. The summed E-state index contributed by atoms with van der Waals surface area (Å²) >= 11 is 0. The van der Waals surface area contributed by atoms with Crippen LogP contribution in [0.4, 0.5) is 13.2 Å². The molecule has 144 valence electrons. The van der Waals surface area contributed by atoms with Crippen LogP contribution in [-0.4, -0.2) is 24.0 Å². The van der Waals surface area contributed by atoms with E-state index in [-0.39, 0.29) is 30.5 Å². The van der Waals surface area contributed by atoms with Gasteiger partial charge < -0.3 is 9.64 Å². The van der Waals surface area contributed by atoms with E-state index in [0.29, 0.717) is 6.42 Å². The standard InChI is InChI=1S/C21H22F3NO2/c1-27-18-7-4-5-15(13-18)9-12-20(26)25(17-10-11-17)14-16-6-2-3-8-19(16)21(22,23)24/h2-8,13,17H,9-12,14H2,1H3. The maximum Gasteiger partial charge on any atom is 0.416 e. The zero-order chi connectivity index (χ0) is 19.4. The van der Waals surface area contributed by atoms with Crippen LogP contribution in [0.2, 0.25) is 0 Å². The molecule has 0 saturated heterocycles. The predicted molar refractivity (Wildman–Crippen MR) is 96.3 cm³/mol. The van der Waals surface area contributed by atoms with Crippen molar-refractivity contribution >= 4 is 5.91 Å². The molecule has 0 heterocycles. The third kappa shape index (κ3) is 5.02. The minimum Gasteiger partial charge on any atom is -0.497 e. The molecule has 3 nitrogen and oxygen atoms in total. The Morgan fingerprint density at radius 2 is 1.89 bits per heavy atom. The molecule has 0 radical (unpaired) electrons. The Hall–Kier alpha value is -2.50. The van der Waals surface area contributed by atoms with Crippen LogP contribution in [0.5, 0.6) is 5.75 Å². The Morgan fingerprint density at radius 3 is 2.56 bits per heavy atom. The quantitative estimate of drug-likeness (QED) is 0.691. The van der Waals surface area contributed by atoms with Crippen molar-refractivity contribution in [2.45, 2.75) is 44.4 Å². The lowest BCUT2D eigenvalue weighted by molar-refractivity contribution is -0.140. The summed E-state index contributed by atoms with van der Waals surface area (Å²) in [6.07, 6.45) is -1.94. The lowest BCUT2D eigenvalue weighted by atomic mass is 10.1. The van der Waals surface area contributed by atoms with Crippen LogP contribution in [0.1, 0.15) is 36.0 Å². The second-order valence-electron chi connectivity index (χ2n) is 6.76. The maximum absolute atomic E-state index is 13.2. The van der Waals surface area contributed by atoms with Crippen LogP contribution in [0, 0.1) is 0 Å². The van der Waals surface area contributed by atoms with E-state index in [4.69, 9.17) is 4.74 Å². The summed E-state index contributed by atoms with van der Waals surface area (Å²) in [7, 11) is 1.58. The topological polar surface area (TPSA) is 29.5 Å². The second kappa shape index (κ2) is 8.03. The molecule has 0 bridgehead atoms. The number of nitrogens with zero attached hydrogens (tertiary/aromatic N) is 1. The van der Waals surface area contributed by atoms with Crippen molar-refractivity contribution in [3.05, 3.63) is 65.2 Å². The first-order chi connectivity index (χ1) is 12.9. The molecule has 1 fully saturated rings. The van der Waals surface area contributed by atoms with Gasteiger partial charge in [-0.15, -0.1) is 0 Å². The first kappa shape index (κ1) is 19.3. The monoisotopic (exact) mass is 377 g/mol. The Morgan fingerprint density at radius 1 is 1.15 bits per heavy atom. The maximum atomic E-state index is 13.2. The summed E-state index contributed by atoms with van der Waals surface area (Å²) in [5, 5.41) is 0. The minimum atomic E-state index is -4.42. The van der Waals surface area contributed by atoms with Gasteiger partial charge in [-0.05, 0) is 48.6 Å². The van der Waals surface area contributed by atoms with Gasteiger partial charge in [0.05, 0.1) is 12.7 Å². The van der Waals surface area contributed by atoms with Crippen molar-refractivity contribution in [3.8, 4) is 5.75 Å². The molecule has 2 aromatic carbocycles. The molecule has 0 aliphatic heterocycles. The molecule has 3 rings (SSSR count). The van der Waals surface area contributed by atoms with Crippen molar-refractivity contribution in [2.24, 2.45) is 0 Å². The summed E-state index contributed by atoms with van der Waals surface area (Å²) in [5.74, 6) is 0.607. The first-order valence-corrected chi connectivity index (χ1v) is 8.96. The van der Waals surface area contributed by atoms with Crippen molar-refractivity contribution < 1.29 is 22.7 Å². The molecule has 27 heavy (non-hydrogen) atoms. The van der Waals surface area contributed by atoms with E-state index in [1.54, 1.807) is 18.1 Å². The van der Waals surface area contributed by atoms with Crippen molar-refractivity contribution in [1.29, 1.82) is 0 Å². The van der Waals surface area contributed by atoms with Gasteiger partial charge in [0.25, 0.3) is 0 Å². The number of hydrogen-bond acceptors (Lipinski definition) is 2. The Labute approximate surface area is 156 Å². The number of alkyl halides is 3. The molecule has 0 unspecified atom stereocenters. The summed E-state index contributed by atoms with van der Waals surface area (Å²) in [5.41, 5.74) is 0.442. The van der Waals surface area contributed by atoms with Crippen molar-refractivity contribution in [3.63, 3.8) is 0 Å². The summed E-state index contributed by atoms with van der Waals surface area (Å²) < 4.78 is 44.9. The predicted octanol–water partition coefficient (Wildman–Crippen LogP) is 4.84. The van der Waals surface area contributed by atoms with Crippen molar-refractivity contribution in [2.75, 3.05) is 7.11 Å². The molecule has 0 atom stereocenters. The van der Waals surface area contributed by atoms with Crippen LogP contribution in [0.25, 0.3) is 0 Å². The van der Waals surface area contributed by atoms with Gasteiger partial charge in [-0.2, -0.15) is 13.2 Å². The van der Waals surface area contributed by atoms with Gasteiger partial charge in [0.15, 0.2) is 0 Å². The Balaban J connectivity index is 1.70. The number of ether oxygens (including phenoxy) is 1. The van der Waals surface area contributed by atoms with Gasteiger partial charge >= 0.3 is 6.18 Å². The molecule has 6 heteroatoms. The summed E-state index contributed by atoms with van der Waals surface area (Å²) in [6, 6.07) is 13.0. The van der Waals surface area contributed by atoms with E-state index in [2.05, 4.69) is 0 Å². The highest BCUT2D eigenvalue weighted by molar-refractivity contribution is 5.77. The summed E-state index contributed by atoms with van der Waals surface area (Å²) in [4.78, 5) is 14.3. The number of amides is 1. The molecular weight excluding hydrogens is 355 g/mol. The van der Waals surface area contributed by atoms with E-state index < -0.39 is 11.7 Å².